The SMILES string of the molecule is N[C@@H]1CCCC[C@H]1N=CCP(c1ccccc1)c1ccccc1. The molecule has 1 fully saturated rings. The third kappa shape index (κ3) is 4.50. The van der Waals surface area contributed by atoms with Crippen LogP contribution in [0.2, 0.25) is 0 Å². The van der Waals surface area contributed by atoms with Crippen molar-refractivity contribution in [3.05, 3.63) is 60.7 Å². The van der Waals surface area contributed by atoms with E-state index in [0.717, 1.165) is 19.0 Å². The number of aliphatic imine (C=N–C) groups is 1. The molecule has 0 saturated heterocycles. The first-order chi connectivity index (χ1) is 11.3. The Morgan fingerprint density at radius 2 is 1.48 bits per heavy atom. The van der Waals surface area contributed by atoms with Crippen LogP contribution in [0.4, 0.5) is 0 Å². The fraction of sp³-hybridized carbons (Fsp3) is 0.350. The van der Waals surface area contributed by atoms with Crippen LogP contribution in [-0.4, -0.2) is 24.5 Å². The van der Waals surface area contributed by atoms with Crippen LogP contribution in [0.5, 0.6) is 0 Å². The van der Waals surface area contributed by atoms with Crippen molar-refractivity contribution in [3.63, 3.8) is 0 Å². The van der Waals surface area contributed by atoms with Crippen molar-refractivity contribution in [2.75, 3.05) is 6.16 Å². The molecule has 0 heterocycles. The van der Waals surface area contributed by atoms with Crippen LogP contribution in [0.15, 0.2) is 65.7 Å². The molecule has 2 aromatic rings. The molecule has 0 spiro atoms. The van der Waals surface area contributed by atoms with E-state index in [9.17, 15) is 0 Å². The maximum atomic E-state index is 6.21. The molecule has 0 bridgehead atoms. The van der Waals surface area contributed by atoms with Gasteiger partial charge >= 0.3 is 0 Å². The summed E-state index contributed by atoms with van der Waals surface area (Å²) in [6.07, 6.45) is 7.92. The molecule has 0 unspecified atom stereocenters. The third-order valence-electron chi connectivity index (χ3n) is 4.48. The van der Waals surface area contributed by atoms with Crippen molar-refractivity contribution < 1.29 is 0 Å². The Morgan fingerprint density at radius 1 is 0.913 bits per heavy atom. The predicted octanol–water partition coefficient (Wildman–Crippen LogP) is 3.46. The summed E-state index contributed by atoms with van der Waals surface area (Å²) in [5.41, 5.74) is 6.21. The Labute approximate surface area is 140 Å². The number of nitrogens with zero attached hydrogens (tertiary/aromatic N) is 1. The number of hydrogen-bond acceptors (Lipinski definition) is 2. The lowest BCUT2D eigenvalue weighted by molar-refractivity contribution is 0.387. The van der Waals surface area contributed by atoms with Crippen LogP contribution in [0, 0.1) is 0 Å². The Kier molecular flexibility index (Phi) is 5.96. The van der Waals surface area contributed by atoms with E-state index in [1.807, 2.05) is 0 Å². The molecule has 1 aliphatic rings. The predicted molar refractivity (Wildman–Crippen MR) is 103 cm³/mol. The monoisotopic (exact) mass is 324 g/mol. The van der Waals surface area contributed by atoms with Gasteiger partial charge in [0.25, 0.3) is 0 Å². The molecule has 3 heteroatoms. The van der Waals surface area contributed by atoms with Gasteiger partial charge in [0.15, 0.2) is 0 Å². The average molecular weight is 324 g/mol. The van der Waals surface area contributed by atoms with E-state index in [1.54, 1.807) is 0 Å². The second-order valence-corrected chi connectivity index (χ2v) is 8.38. The third-order valence-corrected chi connectivity index (χ3v) is 6.85. The zero-order valence-corrected chi connectivity index (χ0v) is 14.4. The van der Waals surface area contributed by atoms with E-state index in [0.29, 0.717) is 6.04 Å². The fourth-order valence-corrected chi connectivity index (χ4v) is 5.21. The van der Waals surface area contributed by atoms with Crippen molar-refractivity contribution in [3.8, 4) is 0 Å². The minimum Gasteiger partial charge on any atom is -0.326 e. The fourth-order valence-electron chi connectivity index (χ4n) is 3.17. The van der Waals surface area contributed by atoms with Crippen LogP contribution in [0.25, 0.3) is 0 Å². The summed E-state index contributed by atoms with van der Waals surface area (Å²) in [6.45, 7) is 0. The summed E-state index contributed by atoms with van der Waals surface area (Å²) in [4.78, 5) is 4.82. The lowest BCUT2D eigenvalue weighted by atomic mass is 9.91. The van der Waals surface area contributed by atoms with Gasteiger partial charge in [0, 0.05) is 18.4 Å². The number of benzene rings is 2. The van der Waals surface area contributed by atoms with Gasteiger partial charge in [-0.1, -0.05) is 73.5 Å². The molecule has 23 heavy (non-hydrogen) atoms. The maximum absolute atomic E-state index is 6.21. The van der Waals surface area contributed by atoms with Gasteiger partial charge < -0.3 is 5.73 Å². The Balaban J connectivity index is 1.74. The quantitative estimate of drug-likeness (QED) is 0.664. The second-order valence-electron chi connectivity index (χ2n) is 6.13. The first kappa shape index (κ1) is 16.4. The number of rotatable bonds is 5. The van der Waals surface area contributed by atoms with Crippen molar-refractivity contribution in [1.82, 2.24) is 0 Å². The highest BCUT2D eigenvalue weighted by atomic mass is 31.1. The second kappa shape index (κ2) is 8.38. The van der Waals surface area contributed by atoms with E-state index in [2.05, 4.69) is 66.9 Å². The van der Waals surface area contributed by atoms with Crippen molar-refractivity contribution >= 4 is 24.7 Å². The summed E-state index contributed by atoms with van der Waals surface area (Å²) >= 11 is 0. The van der Waals surface area contributed by atoms with Gasteiger partial charge in [-0.25, -0.2) is 0 Å². The normalized spacial score (nSPS) is 21.8. The van der Waals surface area contributed by atoms with Gasteiger partial charge in [-0.15, -0.1) is 0 Å². The molecule has 120 valence electrons. The minimum atomic E-state index is -0.382. The average Bonchev–Trinajstić information content (AvgIpc) is 2.62. The van der Waals surface area contributed by atoms with E-state index >= 15 is 0 Å². The lowest BCUT2D eigenvalue weighted by Crippen LogP contribution is -2.36. The molecule has 0 radical (unpaired) electrons. The van der Waals surface area contributed by atoms with E-state index < -0.39 is 0 Å². The molecule has 0 aromatic heterocycles. The van der Waals surface area contributed by atoms with Gasteiger partial charge in [0.1, 0.15) is 0 Å². The molecule has 2 atom stereocenters. The van der Waals surface area contributed by atoms with E-state index in [4.69, 9.17) is 10.7 Å². The topological polar surface area (TPSA) is 38.4 Å². The molecule has 0 aliphatic heterocycles. The zero-order valence-electron chi connectivity index (χ0n) is 13.5. The summed E-state index contributed by atoms with van der Waals surface area (Å²) in [5.74, 6) is 0. The first-order valence-corrected chi connectivity index (χ1v) is 10.0. The molecule has 1 saturated carbocycles. The van der Waals surface area contributed by atoms with Gasteiger partial charge in [-0.05, 0) is 31.4 Å². The number of nitrogens with two attached hydrogens (primary N) is 1. The molecule has 2 N–H and O–H groups in total. The zero-order chi connectivity index (χ0) is 15.9. The van der Waals surface area contributed by atoms with Gasteiger partial charge in [0.05, 0.1) is 6.04 Å². The standard InChI is InChI=1S/C20H25N2P/c21-19-13-7-8-14-20(19)22-15-16-23(17-9-3-1-4-10-17)18-11-5-2-6-12-18/h1-6,9-12,15,19-20H,7-8,13-14,16,21H2/t19-,20-/m1/s1. The Bertz CT molecular complexity index is 573. The molecule has 2 aromatic carbocycles. The molecular weight excluding hydrogens is 299 g/mol. The molecule has 1 aliphatic carbocycles. The van der Waals surface area contributed by atoms with Gasteiger partial charge in [-0.2, -0.15) is 0 Å². The van der Waals surface area contributed by atoms with E-state index in [1.165, 1.54) is 23.5 Å². The van der Waals surface area contributed by atoms with Gasteiger partial charge in [0.2, 0.25) is 0 Å². The Morgan fingerprint density at radius 3 is 2.04 bits per heavy atom. The van der Waals surface area contributed by atoms with Crippen LogP contribution >= 0.6 is 7.92 Å². The highest BCUT2D eigenvalue weighted by Crippen LogP contribution is 2.32. The lowest BCUT2D eigenvalue weighted by Gasteiger charge is -2.25. The molecular formula is C20H25N2P. The van der Waals surface area contributed by atoms with E-state index in [-0.39, 0.29) is 14.0 Å². The highest BCUT2D eigenvalue weighted by Gasteiger charge is 2.20. The maximum Gasteiger partial charge on any atom is 0.0646 e. The summed E-state index contributed by atoms with van der Waals surface area (Å²) in [7, 11) is -0.382. The van der Waals surface area contributed by atoms with Gasteiger partial charge in [-0.3, -0.25) is 4.99 Å². The summed E-state index contributed by atoms with van der Waals surface area (Å²) in [5, 5.41) is 2.82. The first-order valence-electron chi connectivity index (χ1n) is 8.49. The van der Waals surface area contributed by atoms with Crippen molar-refractivity contribution in [1.29, 1.82) is 0 Å². The Hall–Kier alpha value is -1.50. The summed E-state index contributed by atoms with van der Waals surface area (Å²) in [6, 6.07) is 22.2. The molecule has 2 nitrogen and oxygen atoms in total. The van der Waals surface area contributed by atoms with Crippen LogP contribution in [-0.2, 0) is 0 Å². The highest BCUT2D eigenvalue weighted by molar-refractivity contribution is 7.73. The van der Waals surface area contributed by atoms with Crippen LogP contribution in [0.3, 0.4) is 0 Å². The smallest absolute Gasteiger partial charge is 0.0646 e. The minimum absolute atomic E-state index is 0.250. The largest absolute Gasteiger partial charge is 0.326 e. The van der Waals surface area contributed by atoms with Crippen LogP contribution in [0.1, 0.15) is 25.7 Å². The summed E-state index contributed by atoms with van der Waals surface area (Å²) < 4.78 is 0. The molecule has 3 rings (SSSR count). The molecule has 0 amide bonds. The number of hydrogen-bond donors (Lipinski definition) is 1. The van der Waals surface area contributed by atoms with Crippen molar-refractivity contribution in [2.24, 2.45) is 10.7 Å². The van der Waals surface area contributed by atoms with Crippen LogP contribution < -0.4 is 16.3 Å². The van der Waals surface area contributed by atoms with Crippen molar-refractivity contribution in [2.45, 2.75) is 37.8 Å².